The van der Waals surface area contributed by atoms with E-state index in [-0.39, 0.29) is 0 Å². The van der Waals surface area contributed by atoms with Crippen molar-refractivity contribution in [1.82, 2.24) is 0 Å². The predicted octanol–water partition coefficient (Wildman–Crippen LogP) is 0.814. The van der Waals surface area contributed by atoms with Crippen molar-refractivity contribution in [2.45, 2.75) is 6.92 Å². The Morgan fingerprint density at radius 1 is 1.57 bits per heavy atom. The van der Waals surface area contributed by atoms with Crippen LogP contribution >= 0.6 is 6.49 Å². The van der Waals surface area contributed by atoms with Gasteiger partial charge >= 0.3 is 0 Å². The van der Waals surface area contributed by atoms with E-state index in [1.807, 2.05) is 0 Å². The lowest BCUT2D eigenvalue weighted by Gasteiger charge is -1.94. The van der Waals surface area contributed by atoms with Gasteiger partial charge in [0.05, 0.1) is 0 Å². The molecular formula is C3H7O2PS. The van der Waals surface area contributed by atoms with Gasteiger partial charge in [0, 0.05) is 0 Å². The van der Waals surface area contributed by atoms with Crippen molar-refractivity contribution in [2.24, 2.45) is 0 Å². The summed E-state index contributed by atoms with van der Waals surface area (Å²) in [5.74, 6) is 1.22. The Kier molecular flexibility index (Phi) is 2.69. The molecule has 0 heterocycles. The molecule has 0 aliphatic heterocycles. The van der Waals surface area contributed by atoms with Gasteiger partial charge in [-0.2, -0.15) is 0 Å². The van der Waals surface area contributed by atoms with Crippen LogP contribution in [0.15, 0.2) is 11.9 Å². The summed E-state index contributed by atoms with van der Waals surface area (Å²) in [5, 5.41) is 0. The fraction of sp³-hybridized carbons (Fsp3) is 0.333. The lowest BCUT2D eigenvalue weighted by Crippen LogP contribution is -1.64. The van der Waals surface area contributed by atoms with Crippen LogP contribution in [0.2, 0.25) is 0 Å². The smallest absolute Gasteiger partial charge is 0.206 e. The van der Waals surface area contributed by atoms with Gasteiger partial charge in [-0.1, -0.05) is 6.08 Å². The van der Waals surface area contributed by atoms with Crippen molar-refractivity contribution < 1.29 is 9.79 Å². The van der Waals surface area contributed by atoms with Gasteiger partial charge in [-0.15, -0.1) is 0 Å². The Hall–Kier alpha value is 0.310. The summed E-state index contributed by atoms with van der Waals surface area (Å²) in [5.41, 5.74) is 0. The number of rotatable bonds is 1. The molecule has 0 aromatic carbocycles. The molecule has 0 unspecified atom stereocenters. The lowest BCUT2D eigenvalue weighted by molar-refractivity contribution is 0.492. The monoisotopic (exact) mass is 138 g/mol. The predicted molar refractivity (Wildman–Crippen MR) is 33.5 cm³/mol. The van der Waals surface area contributed by atoms with E-state index < -0.39 is 6.49 Å². The highest BCUT2D eigenvalue weighted by molar-refractivity contribution is 8.10. The zero-order valence-corrected chi connectivity index (χ0v) is 5.62. The molecule has 0 radical (unpaired) electrons. The molecule has 2 N–H and O–H groups in total. The molecule has 0 rings (SSSR count). The molecule has 0 saturated heterocycles. The Labute approximate surface area is 47.7 Å². The van der Waals surface area contributed by atoms with Crippen LogP contribution in [0.1, 0.15) is 6.92 Å². The average molecular weight is 138 g/mol. The molecule has 7 heavy (non-hydrogen) atoms. The average Bonchev–Trinajstić information content (AvgIpc) is 1.30. The number of hydrogen-bond donors (Lipinski definition) is 2. The highest BCUT2D eigenvalue weighted by Crippen LogP contribution is 2.36. The first-order valence-electron chi connectivity index (χ1n) is 1.75. The molecule has 0 aliphatic carbocycles. The lowest BCUT2D eigenvalue weighted by atomic mass is 10.8. The minimum Gasteiger partial charge on any atom is -0.342 e. The Morgan fingerprint density at radius 2 is 2.00 bits per heavy atom. The highest BCUT2D eigenvalue weighted by Gasteiger charge is 1.95. The second-order valence-electron chi connectivity index (χ2n) is 1.07. The summed E-state index contributed by atoms with van der Waals surface area (Å²) in [7, 11) is 0. The van der Waals surface area contributed by atoms with Crippen LogP contribution in [0.4, 0.5) is 0 Å². The van der Waals surface area contributed by atoms with Crippen molar-refractivity contribution in [2.75, 3.05) is 0 Å². The number of allylic oxidation sites excluding steroid dienone is 1. The van der Waals surface area contributed by atoms with Crippen molar-refractivity contribution in [3.8, 4) is 0 Å². The number of hydrogen-bond acceptors (Lipinski definition) is 1. The Morgan fingerprint density at radius 3 is 2.00 bits per heavy atom. The summed E-state index contributed by atoms with van der Waals surface area (Å²) in [6.07, 6.45) is 1.53. The van der Waals surface area contributed by atoms with E-state index in [9.17, 15) is 0 Å². The van der Waals surface area contributed by atoms with E-state index >= 15 is 0 Å². The van der Waals surface area contributed by atoms with E-state index in [4.69, 9.17) is 9.79 Å². The van der Waals surface area contributed by atoms with Crippen molar-refractivity contribution in [3.63, 3.8) is 0 Å². The van der Waals surface area contributed by atoms with Gasteiger partial charge in [0.15, 0.2) is 0 Å². The molecule has 0 saturated carbocycles. The van der Waals surface area contributed by atoms with Gasteiger partial charge in [-0.05, 0) is 24.5 Å². The molecule has 0 atom stereocenters. The summed E-state index contributed by atoms with van der Waals surface area (Å²) in [6, 6.07) is 0. The van der Waals surface area contributed by atoms with Crippen LogP contribution in [-0.4, -0.2) is 9.79 Å². The molecule has 0 aromatic rings. The summed E-state index contributed by atoms with van der Waals surface area (Å²) < 4.78 is 0. The molecular weight excluding hydrogens is 131 g/mol. The fourth-order valence-electron chi connectivity index (χ4n) is 0.194. The van der Waals surface area contributed by atoms with E-state index in [1.54, 1.807) is 6.92 Å². The van der Waals surface area contributed by atoms with Crippen LogP contribution in [0.25, 0.3) is 0 Å². The molecule has 4 heteroatoms. The Balaban J connectivity index is 3.82. The first-order chi connectivity index (χ1) is 3.06. The van der Waals surface area contributed by atoms with Gasteiger partial charge in [0.1, 0.15) is 0 Å². The summed E-state index contributed by atoms with van der Waals surface area (Å²) in [4.78, 5) is 16.8. The maximum absolute atomic E-state index is 8.41. The van der Waals surface area contributed by atoms with Crippen LogP contribution in [0.3, 0.4) is 0 Å². The van der Waals surface area contributed by atoms with Crippen LogP contribution in [-0.2, 0) is 11.8 Å². The van der Waals surface area contributed by atoms with Crippen LogP contribution in [0, 0.1) is 0 Å². The van der Waals surface area contributed by atoms with Crippen LogP contribution < -0.4 is 0 Å². The quantitative estimate of drug-likeness (QED) is 0.527. The molecule has 42 valence electrons. The maximum atomic E-state index is 8.41. The second-order valence-corrected chi connectivity index (χ2v) is 4.16. The third kappa shape index (κ3) is 6.31. The Bertz CT molecular complexity index is 114. The van der Waals surface area contributed by atoms with E-state index in [0.717, 1.165) is 0 Å². The van der Waals surface area contributed by atoms with Crippen molar-refractivity contribution >= 4 is 18.3 Å². The zero-order chi connectivity index (χ0) is 5.91. The maximum Gasteiger partial charge on any atom is 0.206 e. The van der Waals surface area contributed by atoms with E-state index in [0.29, 0.717) is 0 Å². The van der Waals surface area contributed by atoms with Gasteiger partial charge in [0.25, 0.3) is 0 Å². The third-order valence-electron chi connectivity index (χ3n) is 0.343. The van der Waals surface area contributed by atoms with Gasteiger partial charge < -0.3 is 9.79 Å². The standard InChI is InChI=1S/C3H7O2PS/c1-2-3-6(4,5)7/h2-3H,1H3,(H2,4,5,7). The SMILES string of the molecule is CC=CP(O)(O)=S. The normalized spacial score (nSPS) is 13.0. The molecule has 2 nitrogen and oxygen atoms in total. The highest BCUT2D eigenvalue weighted by atomic mass is 32.5. The van der Waals surface area contributed by atoms with Crippen LogP contribution in [0.5, 0.6) is 0 Å². The van der Waals surface area contributed by atoms with Gasteiger partial charge in [-0.25, -0.2) is 0 Å². The minimum atomic E-state index is -3.01. The van der Waals surface area contributed by atoms with Gasteiger partial charge in [-0.3, -0.25) is 0 Å². The molecule has 0 bridgehead atoms. The van der Waals surface area contributed by atoms with E-state index in [1.165, 1.54) is 11.9 Å². The first kappa shape index (κ1) is 7.31. The first-order valence-corrected chi connectivity index (χ1v) is 4.53. The van der Waals surface area contributed by atoms with Crippen molar-refractivity contribution in [1.29, 1.82) is 0 Å². The minimum absolute atomic E-state index is 1.22. The van der Waals surface area contributed by atoms with Gasteiger partial charge in [0.2, 0.25) is 6.49 Å². The molecule has 0 amide bonds. The summed E-state index contributed by atoms with van der Waals surface area (Å²) >= 11 is 4.22. The molecule has 0 aromatic heterocycles. The van der Waals surface area contributed by atoms with E-state index in [2.05, 4.69) is 11.8 Å². The summed E-state index contributed by atoms with van der Waals surface area (Å²) in [6.45, 7) is -1.32. The molecule has 0 aliphatic rings. The second kappa shape index (κ2) is 2.58. The molecule has 0 fully saturated rings. The topological polar surface area (TPSA) is 40.5 Å². The molecule has 0 spiro atoms. The zero-order valence-electron chi connectivity index (χ0n) is 3.90. The van der Waals surface area contributed by atoms with Crippen molar-refractivity contribution in [3.05, 3.63) is 11.9 Å². The fourth-order valence-corrected chi connectivity index (χ4v) is 0.948. The largest absolute Gasteiger partial charge is 0.342 e. The third-order valence-corrected chi connectivity index (χ3v) is 1.39.